The Hall–Kier alpha value is -5.04. The first kappa shape index (κ1) is 36.6. The number of benzene rings is 4. The van der Waals surface area contributed by atoms with Crippen molar-refractivity contribution in [3.63, 3.8) is 0 Å². The third kappa shape index (κ3) is 5.75. The molecule has 5 atom stereocenters. The molecule has 1 aromatic heterocycles. The summed E-state index contributed by atoms with van der Waals surface area (Å²) in [7, 11) is 7.30. The number of methoxy groups -OCH3 is 1. The molecule has 3 heterocycles. The van der Waals surface area contributed by atoms with Gasteiger partial charge in [0.15, 0.2) is 17.6 Å². The van der Waals surface area contributed by atoms with Crippen LogP contribution in [0, 0.1) is 0 Å². The first-order chi connectivity index (χ1) is 27.3. The third-order valence-electron chi connectivity index (χ3n) is 12.4. The number of hydrogen-bond acceptors (Lipinski definition) is 10. The van der Waals surface area contributed by atoms with Gasteiger partial charge in [0.1, 0.15) is 29.0 Å². The average Bonchev–Trinajstić information content (AvgIpc) is 3.69. The molecule has 5 aromatic rings. The molecule has 7 N–H and O–H groups in total. The van der Waals surface area contributed by atoms with Gasteiger partial charge in [0.05, 0.1) is 20.4 Å². The second kappa shape index (κ2) is 14.5. The van der Waals surface area contributed by atoms with Crippen LogP contribution in [0.4, 0.5) is 0 Å². The standard InChI is InChI=1S/C45H50N4O7/c1-46-20-27-16-32-36(51)12-9-29-40(32)33(39(27)25-5-10-35-24(15-25)13-14-49-35)18-31-34-19-45(22-47-2,54-23-48-3)44(26-6-11-37(52)38(17-26)53-4)56-42(34)30-8-7-28(21-50)55-43(30)41(29)31/h5-6,9-17,28,33,39,44,46-52H,7-8,18-23H2,1-4H3. The van der Waals surface area contributed by atoms with E-state index in [4.69, 9.17) is 18.9 Å². The lowest BCUT2D eigenvalue weighted by molar-refractivity contribution is -0.128. The summed E-state index contributed by atoms with van der Waals surface area (Å²) in [6.45, 7) is 1.33. The van der Waals surface area contributed by atoms with E-state index in [0.29, 0.717) is 44.5 Å². The Balaban J connectivity index is 1.30. The maximum absolute atomic E-state index is 11.5. The monoisotopic (exact) mass is 758 g/mol. The maximum atomic E-state index is 11.5. The van der Waals surface area contributed by atoms with Crippen LogP contribution < -0.4 is 30.2 Å². The quantitative estimate of drug-likeness (QED) is 0.0824. The molecule has 0 saturated heterocycles. The van der Waals surface area contributed by atoms with Crippen molar-refractivity contribution in [3.8, 4) is 39.9 Å². The van der Waals surface area contributed by atoms with Crippen molar-refractivity contribution in [1.29, 1.82) is 0 Å². The molecule has 0 saturated carbocycles. The van der Waals surface area contributed by atoms with Crippen LogP contribution in [0.5, 0.6) is 28.7 Å². The molecule has 11 heteroatoms. The van der Waals surface area contributed by atoms with Crippen LogP contribution in [-0.2, 0) is 24.0 Å². The minimum atomic E-state index is -0.874. The molecule has 0 spiro atoms. The van der Waals surface area contributed by atoms with Crippen molar-refractivity contribution >= 4 is 17.0 Å². The Morgan fingerprint density at radius 3 is 2.52 bits per heavy atom. The molecule has 2 aliphatic carbocycles. The van der Waals surface area contributed by atoms with Crippen LogP contribution in [0.2, 0.25) is 0 Å². The summed E-state index contributed by atoms with van der Waals surface area (Å²) in [5.74, 6) is 2.20. The molecule has 0 amide bonds. The van der Waals surface area contributed by atoms with Crippen LogP contribution in [0.3, 0.4) is 0 Å². The minimum Gasteiger partial charge on any atom is -0.507 e. The number of hydrogen-bond donors (Lipinski definition) is 7. The summed E-state index contributed by atoms with van der Waals surface area (Å²) in [5, 5.41) is 43.7. The molecule has 2 aliphatic heterocycles. The van der Waals surface area contributed by atoms with Crippen molar-refractivity contribution in [1.82, 2.24) is 20.9 Å². The van der Waals surface area contributed by atoms with Gasteiger partial charge in [-0.15, -0.1) is 0 Å². The number of aromatic amines is 1. The highest BCUT2D eigenvalue weighted by Crippen LogP contribution is 2.61. The normalized spacial score (nSPS) is 23.3. The Bertz CT molecular complexity index is 2350. The minimum absolute atomic E-state index is 0.0141. The van der Waals surface area contributed by atoms with Gasteiger partial charge < -0.3 is 49.9 Å². The Morgan fingerprint density at radius 1 is 0.893 bits per heavy atom. The van der Waals surface area contributed by atoms with Gasteiger partial charge in [-0.25, -0.2) is 0 Å². The van der Waals surface area contributed by atoms with E-state index >= 15 is 0 Å². The van der Waals surface area contributed by atoms with Crippen LogP contribution in [0.25, 0.3) is 28.1 Å². The number of aliphatic hydroxyl groups is 1. The zero-order valence-corrected chi connectivity index (χ0v) is 32.3. The zero-order chi connectivity index (χ0) is 38.7. The predicted molar refractivity (Wildman–Crippen MR) is 216 cm³/mol. The van der Waals surface area contributed by atoms with Crippen LogP contribution in [-0.4, -0.2) is 86.7 Å². The van der Waals surface area contributed by atoms with Gasteiger partial charge in [0, 0.05) is 59.4 Å². The highest BCUT2D eigenvalue weighted by molar-refractivity contribution is 5.90. The van der Waals surface area contributed by atoms with Crippen LogP contribution in [0.1, 0.15) is 63.3 Å². The smallest absolute Gasteiger partial charge is 0.160 e. The van der Waals surface area contributed by atoms with E-state index in [1.165, 1.54) is 11.1 Å². The number of phenols is 2. The Morgan fingerprint density at radius 2 is 1.73 bits per heavy atom. The number of fused-ring (bicyclic) bond motifs is 8. The molecule has 0 bridgehead atoms. The topological polar surface area (TPSA) is 149 Å². The van der Waals surface area contributed by atoms with Crippen molar-refractivity contribution in [3.05, 3.63) is 105 Å². The summed E-state index contributed by atoms with van der Waals surface area (Å²) in [4.78, 5) is 3.35. The first-order valence-corrected chi connectivity index (χ1v) is 19.6. The first-order valence-electron chi connectivity index (χ1n) is 19.6. The van der Waals surface area contributed by atoms with Gasteiger partial charge in [0.2, 0.25) is 0 Å². The highest BCUT2D eigenvalue weighted by atomic mass is 16.6. The zero-order valence-electron chi connectivity index (χ0n) is 32.3. The van der Waals surface area contributed by atoms with E-state index in [2.05, 4.69) is 57.3 Å². The molecule has 4 aromatic carbocycles. The fraction of sp³-hybridized carbons (Fsp3) is 0.378. The molecule has 0 fully saturated rings. The van der Waals surface area contributed by atoms with E-state index < -0.39 is 11.7 Å². The number of aromatic hydroxyl groups is 2. The van der Waals surface area contributed by atoms with Crippen molar-refractivity contribution in [2.45, 2.75) is 55.3 Å². The van der Waals surface area contributed by atoms with E-state index in [1.54, 1.807) is 13.2 Å². The molecule has 292 valence electrons. The SMILES string of the molecule is CNCOC1(CNC)Cc2c3c(c4c(c2OC1c1ccc(O)c(OC)c1)CCC(CO)O4)-c1ccc(O)c2c1C(C3)C(c1ccc3[nH]ccc3c1)C(CNC)=C2. The number of ether oxygens (including phenoxy) is 4. The molecular weight excluding hydrogens is 709 g/mol. The number of rotatable bonds is 11. The van der Waals surface area contributed by atoms with Crippen LogP contribution >= 0.6 is 0 Å². The van der Waals surface area contributed by atoms with Gasteiger partial charge in [-0.1, -0.05) is 18.2 Å². The molecule has 9 rings (SSSR count). The van der Waals surface area contributed by atoms with Crippen molar-refractivity contribution < 1.29 is 34.3 Å². The second-order valence-corrected chi connectivity index (χ2v) is 15.6. The number of nitrogens with one attached hydrogen (secondary N) is 4. The third-order valence-corrected chi connectivity index (χ3v) is 12.4. The number of phenolic OH excluding ortho intramolecular Hbond substituents is 2. The van der Waals surface area contributed by atoms with Crippen LogP contribution in [0.15, 0.2) is 66.4 Å². The Labute approximate surface area is 326 Å². The number of H-pyrrole nitrogens is 1. The molecule has 11 nitrogen and oxygen atoms in total. The summed E-state index contributed by atoms with van der Waals surface area (Å²) >= 11 is 0. The molecular formula is C45H50N4O7. The summed E-state index contributed by atoms with van der Waals surface area (Å²) in [6.07, 6.45) is 5.72. The lowest BCUT2D eigenvalue weighted by atomic mass is 9.62. The fourth-order valence-corrected chi connectivity index (χ4v) is 10.0. The molecule has 56 heavy (non-hydrogen) atoms. The second-order valence-electron chi connectivity index (χ2n) is 15.6. The lowest BCUT2D eigenvalue weighted by Gasteiger charge is -2.48. The fourth-order valence-electron chi connectivity index (χ4n) is 10.0. The van der Waals surface area contributed by atoms with Gasteiger partial charge in [0.25, 0.3) is 0 Å². The van der Waals surface area contributed by atoms with Gasteiger partial charge in [-0.05, 0) is 128 Å². The van der Waals surface area contributed by atoms with Crippen molar-refractivity contribution in [2.24, 2.45) is 0 Å². The highest BCUT2D eigenvalue weighted by Gasteiger charge is 2.51. The van der Waals surface area contributed by atoms with Gasteiger partial charge in [-0.2, -0.15) is 0 Å². The average molecular weight is 759 g/mol. The molecule has 0 radical (unpaired) electrons. The summed E-state index contributed by atoms with van der Waals surface area (Å²) in [5.41, 5.74) is 10.7. The number of aliphatic hydroxyl groups excluding tert-OH is 1. The predicted octanol–water partition coefficient (Wildman–Crippen LogP) is 5.81. The van der Waals surface area contributed by atoms with E-state index in [0.717, 1.165) is 66.9 Å². The van der Waals surface area contributed by atoms with Gasteiger partial charge in [-0.3, -0.25) is 5.32 Å². The van der Waals surface area contributed by atoms with Crippen molar-refractivity contribution in [2.75, 3.05) is 54.7 Å². The van der Waals surface area contributed by atoms with E-state index in [-0.39, 0.29) is 42.8 Å². The largest absolute Gasteiger partial charge is 0.507 e. The molecule has 4 aliphatic rings. The maximum Gasteiger partial charge on any atom is 0.160 e. The summed E-state index contributed by atoms with van der Waals surface area (Å²) < 4.78 is 26.6. The molecule has 5 unspecified atom stereocenters. The van der Waals surface area contributed by atoms with E-state index in [1.807, 2.05) is 45.5 Å². The number of likely N-dealkylation sites (N-methyl/N-ethyl adjacent to an activating group) is 2. The summed E-state index contributed by atoms with van der Waals surface area (Å²) in [6, 6.07) is 18.0. The Kier molecular flexibility index (Phi) is 9.46. The lowest BCUT2D eigenvalue weighted by Crippen LogP contribution is -2.54. The number of aromatic nitrogens is 1. The van der Waals surface area contributed by atoms with E-state index in [9.17, 15) is 15.3 Å². The van der Waals surface area contributed by atoms with Gasteiger partial charge >= 0.3 is 0 Å².